The molecule has 0 bridgehead atoms. The third-order valence-electron chi connectivity index (χ3n) is 3.18. The van der Waals surface area contributed by atoms with Gasteiger partial charge < -0.3 is 5.73 Å². The van der Waals surface area contributed by atoms with Gasteiger partial charge in [0.05, 0.1) is 11.9 Å². The first kappa shape index (κ1) is 16.7. The summed E-state index contributed by atoms with van der Waals surface area (Å²) in [6.45, 7) is 0. The second-order valence-electron chi connectivity index (χ2n) is 4.97. The molecular formula is C15H11F2N5O2S. The zero-order valence-corrected chi connectivity index (χ0v) is 13.3. The Hall–Kier alpha value is -3.14. The standard InChI is InChI=1S/C15H11F2N5O2S/c16-11-1-2-14(13(17)4-11)25(23,24)22-12-3-9(5-19-8-12)10-6-20-15(18)21-7-10/h1-8,22H,(H2,18,20,21). The van der Waals surface area contributed by atoms with E-state index in [1.54, 1.807) is 0 Å². The maximum atomic E-state index is 13.7. The molecule has 0 radical (unpaired) electrons. The number of hydrogen-bond donors (Lipinski definition) is 2. The number of hydrogen-bond acceptors (Lipinski definition) is 6. The summed E-state index contributed by atoms with van der Waals surface area (Å²) in [5, 5.41) is 0. The fourth-order valence-electron chi connectivity index (χ4n) is 2.04. The molecule has 128 valence electrons. The van der Waals surface area contributed by atoms with Crippen LogP contribution in [0.5, 0.6) is 0 Å². The predicted octanol–water partition coefficient (Wildman–Crippen LogP) is 2.20. The van der Waals surface area contributed by atoms with E-state index < -0.39 is 26.6 Å². The molecule has 0 saturated carbocycles. The lowest BCUT2D eigenvalue weighted by Gasteiger charge is -2.10. The normalized spacial score (nSPS) is 11.3. The summed E-state index contributed by atoms with van der Waals surface area (Å²) < 4.78 is 53.4. The Bertz CT molecular complexity index is 1030. The number of halogens is 2. The van der Waals surface area contributed by atoms with E-state index in [9.17, 15) is 17.2 Å². The van der Waals surface area contributed by atoms with Crippen molar-refractivity contribution in [3.05, 3.63) is 60.7 Å². The lowest BCUT2D eigenvalue weighted by Crippen LogP contribution is -2.15. The number of aromatic nitrogens is 3. The van der Waals surface area contributed by atoms with Crippen molar-refractivity contribution in [3.63, 3.8) is 0 Å². The molecule has 10 heteroatoms. The summed E-state index contributed by atoms with van der Waals surface area (Å²) in [7, 11) is -4.25. The summed E-state index contributed by atoms with van der Waals surface area (Å²) in [6.07, 6.45) is 5.64. The highest BCUT2D eigenvalue weighted by Crippen LogP contribution is 2.23. The molecule has 2 aromatic heterocycles. The summed E-state index contributed by atoms with van der Waals surface area (Å²) in [4.78, 5) is 10.9. The third kappa shape index (κ3) is 3.69. The average molecular weight is 363 g/mol. The van der Waals surface area contributed by atoms with E-state index in [0.717, 1.165) is 12.1 Å². The Labute approximate surface area is 141 Å². The van der Waals surface area contributed by atoms with Gasteiger partial charge in [0.1, 0.15) is 16.5 Å². The molecule has 0 fully saturated rings. The first-order chi connectivity index (χ1) is 11.8. The predicted molar refractivity (Wildman–Crippen MR) is 86.8 cm³/mol. The van der Waals surface area contributed by atoms with Crippen molar-refractivity contribution in [2.45, 2.75) is 4.90 Å². The van der Waals surface area contributed by atoms with E-state index in [4.69, 9.17) is 5.73 Å². The first-order valence-corrected chi connectivity index (χ1v) is 8.34. The number of nitrogen functional groups attached to an aromatic ring is 1. The number of anilines is 2. The van der Waals surface area contributed by atoms with Gasteiger partial charge in [-0.1, -0.05) is 0 Å². The smallest absolute Gasteiger partial charge is 0.264 e. The molecule has 0 atom stereocenters. The molecule has 0 unspecified atom stereocenters. The highest BCUT2D eigenvalue weighted by atomic mass is 32.2. The van der Waals surface area contributed by atoms with Gasteiger partial charge in [0.15, 0.2) is 0 Å². The fourth-order valence-corrected chi connectivity index (χ4v) is 3.14. The molecule has 25 heavy (non-hydrogen) atoms. The quantitative estimate of drug-likeness (QED) is 0.735. The first-order valence-electron chi connectivity index (χ1n) is 6.86. The van der Waals surface area contributed by atoms with Crippen molar-refractivity contribution in [1.82, 2.24) is 15.0 Å². The van der Waals surface area contributed by atoms with Crippen LogP contribution in [0.4, 0.5) is 20.4 Å². The largest absolute Gasteiger partial charge is 0.368 e. The van der Waals surface area contributed by atoms with Crippen molar-refractivity contribution in [1.29, 1.82) is 0 Å². The SMILES string of the molecule is Nc1ncc(-c2cncc(NS(=O)(=O)c3ccc(F)cc3F)c2)cn1. The molecular weight excluding hydrogens is 352 g/mol. The molecule has 2 heterocycles. The van der Waals surface area contributed by atoms with Gasteiger partial charge in [0, 0.05) is 35.8 Å². The lowest BCUT2D eigenvalue weighted by atomic mass is 10.1. The van der Waals surface area contributed by atoms with E-state index in [1.807, 2.05) is 0 Å². The maximum absolute atomic E-state index is 13.7. The van der Waals surface area contributed by atoms with Crippen LogP contribution in [-0.2, 0) is 10.0 Å². The topological polar surface area (TPSA) is 111 Å². The maximum Gasteiger partial charge on any atom is 0.264 e. The number of sulfonamides is 1. The van der Waals surface area contributed by atoms with Gasteiger partial charge in [0.25, 0.3) is 10.0 Å². The number of pyridine rings is 1. The average Bonchev–Trinajstić information content (AvgIpc) is 2.55. The van der Waals surface area contributed by atoms with Gasteiger partial charge in [-0.05, 0) is 18.2 Å². The van der Waals surface area contributed by atoms with Crippen LogP contribution in [0.25, 0.3) is 11.1 Å². The van der Waals surface area contributed by atoms with Crippen molar-refractivity contribution in [2.75, 3.05) is 10.5 Å². The molecule has 1 aromatic carbocycles. The molecule has 0 aliphatic carbocycles. The highest BCUT2D eigenvalue weighted by molar-refractivity contribution is 7.92. The highest BCUT2D eigenvalue weighted by Gasteiger charge is 2.20. The van der Waals surface area contributed by atoms with Crippen LogP contribution in [0.15, 0.2) is 53.9 Å². The van der Waals surface area contributed by atoms with Gasteiger partial charge in [-0.25, -0.2) is 27.2 Å². The number of nitrogens with zero attached hydrogens (tertiary/aromatic N) is 3. The minimum atomic E-state index is -4.25. The van der Waals surface area contributed by atoms with Gasteiger partial charge in [-0.2, -0.15) is 0 Å². The molecule has 0 saturated heterocycles. The number of rotatable bonds is 4. The number of benzene rings is 1. The third-order valence-corrected chi connectivity index (χ3v) is 4.59. The molecule has 0 amide bonds. The van der Waals surface area contributed by atoms with Crippen LogP contribution in [-0.4, -0.2) is 23.4 Å². The van der Waals surface area contributed by atoms with Gasteiger partial charge >= 0.3 is 0 Å². The van der Waals surface area contributed by atoms with Gasteiger partial charge in [-0.15, -0.1) is 0 Å². The Morgan fingerprint density at radius 2 is 1.68 bits per heavy atom. The Morgan fingerprint density at radius 3 is 2.36 bits per heavy atom. The van der Waals surface area contributed by atoms with Crippen LogP contribution in [0, 0.1) is 11.6 Å². The van der Waals surface area contributed by atoms with Crippen molar-refractivity contribution >= 4 is 21.7 Å². The summed E-state index contributed by atoms with van der Waals surface area (Å²) in [5.41, 5.74) is 6.60. The zero-order chi connectivity index (χ0) is 18.0. The molecule has 3 rings (SSSR count). The lowest BCUT2D eigenvalue weighted by molar-refractivity contribution is 0.551. The van der Waals surface area contributed by atoms with Crippen LogP contribution < -0.4 is 10.5 Å². The van der Waals surface area contributed by atoms with Crippen molar-refractivity contribution in [3.8, 4) is 11.1 Å². The van der Waals surface area contributed by atoms with Crippen molar-refractivity contribution < 1.29 is 17.2 Å². The molecule has 0 aliphatic rings. The Morgan fingerprint density at radius 1 is 0.960 bits per heavy atom. The van der Waals surface area contributed by atoms with Crippen LogP contribution in [0.1, 0.15) is 0 Å². The second kappa shape index (κ2) is 6.40. The summed E-state index contributed by atoms with van der Waals surface area (Å²) in [5.74, 6) is -1.97. The van der Waals surface area contributed by atoms with E-state index in [2.05, 4.69) is 19.7 Å². The fraction of sp³-hybridized carbons (Fsp3) is 0. The van der Waals surface area contributed by atoms with E-state index in [0.29, 0.717) is 17.2 Å². The van der Waals surface area contributed by atoms with E-state index in [-0.39, 0.29) is 11.6 Å². The Kier molecular flexibility index (Phi) is 4.28. The van der Waals surface area contributed by atoms with Crippen LogP contribution >= 0.6 is 0 Å². The van der Waals surface area contributed by atoms with E-state index >= 15 is 0 Å². The Balaban J connectivity index is 1.92. The molecule has 3 aromatic rings. The van der Waals surface area contributed by atoms with Crippen LogP contribution in [0.3, 0.4) is 0 Å². The van der Waals surface area contributed by atoms with Crippen LogP contribution in [0.2, 0.25) is 0 Å². The monoisotopic (exact) mass is 363 g/mol. The number of nitrogens with one attached hydrogen (secondary N) is 1. The zero-order valence-electron chi connectivity index (χ0n) is 12.5. The van der Waals surface area contributed by atoms with Crippen molar-refractivity contribution in [2.24, 2.45) is 0 Å². The minimum absolute atomic E-state index is 0.0954. The molecule has 3 N–H and O–H groups in total. The summed E-state index contributed by atoms with van der Waals surface area (Å²) in [6, 6.07) is 3.67. The molecule has 7 nitrogen and oxygen atoms in total. The van der Waals surface area contributed by atoms with E-state index in [1.165, 1.54) is 30.9 Å². The summed E-state index contributed by atoms with van der Waals surface area (Å²) >= 11 is 0. The second-order valence-corrected chi connectivity index (χ2v) is 6.62. The molecule has 0 spiro atoms. The van der Waals surface area contributed by atoms with Gasteiger partial charge in [0.2, 0.25) is 5.95 Å². The minimum Gasteiger partial charge on any atom is -0.368 e. The molecule has 0 aliphatic heterocycles. The van der Waals surface area contributed by atoms with Gasteiger partial charge in [-0.3, -0.25) is 9.71 Å². The number of nitrogens with two attached hydrogens (primary N) is 1.